The highest BCUT2D eigenvalue weighted by Gasteiger charge is 2.47. The van der Waals surface area contributed by atoms with Crippen molar-refractivity contribution in [1.82, 2.24) is 24.8 Å². The number of ether oxygens (including phenoxy) is 2. The molecule has 2 amide bonds. The first-order chi connectivity index (χ1) is 14.1. The first-order valence-electron chi connectivity index (χ1n) is 9.74. The molecule has 1 unspecified atom stereocenters. The molecule has 0 aliphatic carbocycles. The van der Waals surface area contributed by atoms with Gasteiger partial charge in [-0.2, -0.15) is 0 Å². The van der Waals surface area contributed by atoms with E-state index >= 15 is 0 Å². The van der Waals surface area contributed by atoms with Crippen LogP contribution in [0.15, 0.2) is 36.9 Å². The van der Waals surface area contributed by atoms with Crippen molar-refractivity contribution in [2.45, 2.75) is 37.6 Å². The quantitative estimate of drug-likeness (QED) is 0.784. The Morgan fingerprint density at radius 3 is 2.90 bits per heavy atom. The summed E-state index contributed by atoms with van der Waals surface area (Å²) in [5.41, 5.74) is 0.265. The molecule has 1 saturated heterocycles. The Kier molecular flexibility index (Phi) is 5.59. The number of amides is 2. The number of carbonyl (C=O) groups is 2. The van der Waals surface area contributed by atoms with Crippen LogP contribution in [0.2, 0.25) is 0 Å². The summed E-state index contributed by atoms with van der Waals surface area (Å²) in [7, 11) is 1.51. The van der Waals surface area contributed by atoms with Gasteiger partial charge in [0, 0.05) is 64.4 Å². The maximum Gasteiger partial charge on any atom is 0.251 e. The topological polar surface area (TPSA) is 98.6 Å². The zero-order valence-corrected chi connectivity index (χ0v) is 16.4. The lowest BCUT2D eigenvalue weighted by Crippen LogP contribution is -2.55. The largest absolute Gasteiger partial charge is 0.375 e. The van der Waals surface area contributed by atoms with Crippen LogP contribution in [-0.4, -0.2) is 64.2 Å². The zero-order chi connectivity index (χ0) is 20.3. The van der Waals surface area contributed by atoms with Crippen molar-refractivity contribution in [3.05, 3.63) is 48.3 Å². The Labute approximate surface area is 169 Å². The third-order valence-electron chi connectivity index (χ3n) is 5.53. The van der Waals surface area contributed by atoms with E-state index < -0.39 is 11.7 Å². The number of piperidine rings is 1. The Balaban J connectivity index is 1.45. The van der Waals surface area contributed by atoms with Crippen molar-refractivity contribution in [2.24, 2.45) is 0 Å². The molecule has 9 heteroatoms. The predicted molar refractivity (Wildman–Crippen MR) is 103 cm³/mol. The third-order valence-corrected chi connectivity index (χ3v) is 5.53. The van der Waals surface area contributed by atoms with Crippen LogP contribution in [0.4, 0.5) is 0 Å². The monoisotopic (exact) mass is 399 g/mol. The van der Waals surface area contributed by atoms with E-state index in [0.29, 0.717) is 39.0 Å². The molecule has 154 valence electrons. The molecule has 1 fully saturated rings. The lowest BCUT2D eigenvalue weighted by molar-refractivity contribution is -0.176. The molecule has 2 aromatic heterocycles. The number of nitrogens with zero attached hydrogens (tertiary/aromatic N) is 4. The number of rotatable bonds is 5. The number of hydrogen-bond donors (Lipinski definition) is 1. The standard InChI is InChI=1S/C20H25N5O4/c1-28-14-17(26)24-8-4-20(5-9-24)19-22-7-10-25(19)13-16(29-20)18(27)23-12-15-3-2-6-21-11-15/h2-3,6-7,10-11,16H,4-5,8-9,12-14H2,1H3,(H,23,27). The first-order valence-corrected chi connectivity index (χ1v) is 9.74. The molecule has 1 N–H and O–H groups in total. The fourth-order valence-corrected chi connectivity index (χ4v) is 4.01. The van der Waals surface area contributed by atoms with Crippen molar-refractivity contribution in [1.29, 1.82) is 0 Å². The molecule has 0 aromatic carbocycles. The van der Waals surface area contributed by atoms with Crippen LogP contribution in [-0.2, 0) is 37.8 Å². The highest BCUT2D eigenvalue weighted by atomic mass is 16.5. The summed E-state index contributed by atoms with van der Waals surface area (Å²) >= 11 is 0. The molecule has 29 heavy (non-hydrogen) atoms. The van der Waals surface area contributed by atoms with Gasteiger partial charge in [-0.05, 0) is 11.6 Å². The van der Waals surface area contributed by atoms with Crippen molar-refractivity contribution in [3.8, 4) is 0 Å². The number of methoxy groups -OCH3 is 1. The molecule has 2 aliphatic heterocycles. The van der Waals surface area contributed by atoms with Gasteiger partial charge in [0.05, 0.1) is 6.54 Å². The van der Waals surface area contributed by atoms with E-state index in [1.807, 2.05) is 22.9 Å². The lowest BCUT2D eigenvalue weighted by atomic mass is 9.88. The van der Waals surface area contributed by atoms with E-state index in [-0.39, 0.29) is 18.4 Å². The molecule has 1 spiro atoms. The molecule has 2 aliphatic rings. The molecule has 4 rings (SSSR count). The van der Waals surface area contributed by atoms with Gasteiger partial charge in [-0.1, -0.05) is 6.07 Å². The minimum atomic E-state index is -0.665. The number of likely N-dealkylation sites (tertiary alicyclic amines) is 1. The van der Waals surface area contributed by atoms with E-state index in [9.17, 15) is 9.59 Å². The molecular weight excluding hydrogens is 374 g/mol. The van der Waals surface area contributed by atoms with Crippen molar-refractivity contribution in [2.75, 3.05) is 26.8 Å². The van der Waals surface area contributed by atoms with Crippen molar-refractivity contribution < 1.29 is 19.1 Å². The average Bonchev–Trinajstić information content (AvgIpc) is 3.23. The molecule has 0 bridgehead atoms. The van der Waals surface area contributed by atoms with Crippen LogP contribution >= 0.6 is 0 Å². The van der Waals surface area contributed by atoms with Gasteiger partial charge in [0.1, 0.15) is 18.0 Å². The van der Waals surface area contributed by atoms with Crippen molar-refractivity contribution in [3.63, 3.8) is 0 Å². The normalized spacial score (nSPS) is 20.3. The fraction of sp³-hybridized carbons (Fsp3) is 0.500. The van der Waals surface area contributed by atoms with Crippen LogP contribution in [0, 0.1) is 0 Å². The van der Waals surface area contributed by atoms with E-state index in [0.717, 1.165) is 11.4 Å². The third kappa shape index (κ3) is 4.01. The average molecular weight is 399 g/mol. The maximum atomic E-state index is 12.8. The smallest absolute Gasteiger partial charge is 0.251 e. The second-order valence-corrected chi connectivity index (χ2v) is 7.40. The molecule has 1 atom stereocenters. The van der Waals surface area contributed by atoms with Crippen molar-refractivity contribution >= 4 is 11.8 Å². The van der Waals surface area contributed by atoms with Gasteiger partial charge < -0.3 is 24.3 Å². The minimum absolute atomic E-state index is 0.0349. The van der Waals surface area contributed by atoms with E-state index in [4.69, 9.17) is 9.47 Å². The second-order valence-electron chi connectivity index (χ2n) is 7.40. The maximum absolute atomic E-state index is 12.8. The number of hydrogen-bond acceptors (Lipinski definition) is 6. The molecule has 0 radical (unpaired) electrons. The molecule has 4 heterocycles. The van der Waals surface area contributed by atoms with E-state index in [2.05, 4.69) is 15.3 Å². The van der Waals surface area contributed by atoms with Crippen LogP contribution < -0.4 is 5.32 Å². The van der Waals surface area contributed by atoms with Crippen LogP contribution in [0.3, 0.4) is 0 Å². The highest BCUT2D eigenvalue weighted by Crippen LogP contribution is 2.40. The SMILES string of the molecule is COCC(=O)N1CCC2(CC1)OC(C(=O)NCc1cccnc1)Cn1ccnc12. The minimum Gasteiger partial charge on any atom is -0.375 e. The molecular formula is C20H25N5O4. The highest BCUT2D eigenvalue weighted by molar-refractivity contribution is 5.81. The van der Waals surface area contributed by atoms with Crippen LogP contribution in [0.5, 0.6) is 0 Å². The van der Waals surface area contributed by atoms with Crippen LogP contribution in [0.25, 0.3) is 0 Å². The number of aromatic nitrogens is 3. The fourth-order valence-electron chi connectivity index (χ4n) is 4.01. The van der Waals surface area contributed by atoms with Gasteiger partial charge in [0.25, 0.3) is 5.91 Å². The summed E-state index contributed by atoms with van der Waals surface area (Å²) in [5, 5.41) is 2.94. The number of fused-ring (bicyclic) bond motifs is 2. The number of imidazole rings is 1. The van der Waals surface area contributed by atoms with Gasteiger partial charge in [-0.25, -0.2) is 4.98 Å². The zero-order valence-electron chi connectivity index (χ0n) is 16.4. The molecule has 0 saturated carbocycles. The Morgan fingerprint density at radius 1 is 1.34 bits per heavy atom. The molecule has 9 nitrogen and oxygen atoms in total. The van der Waals surface area contributed by atoms with Gasteiger partial charge in [-0.15, -0.1) is 0 Å². The van der Waals surface area contributed by atoms with Gasteiger partial charge in [0.2, 0.25) is 5.91 Å². The predicted octanol–water partition coefficient (Wildman–Crippen LogP) is 0.457. The number of nitrogens with one attached hydrogen (secondary N) is 1. The summed E-state index contributed by atoms with van der Waals surface area (Å²) in [6.45, 7) is 1.97. The second kappa shape index (κ2) is 8.30. The first kappa shape index (κ1) is 19.5. The Morgan fingerprint density at radius 2 is 2.17 bits per heavy atom. The summed E-state index contributed by atoms with van der Waals surface area (Å²) in [6, 6.07) is 3.75. The Bertz CT molecular complexity index is 861. The van der Waals surface area contributed by atoms with Gasteiger partial charge in [-0.3, -0.25) is 14.6 Å². The van der Waals surface area contributed by atoms with Gasteiger partial charge >= 0.3 is 0 Å². The van der Waals surface area contributed by atoms with E-state index in [1.165, 1.54) is 7.11 Å². The summed E-state index contributed by atoms with van der Waals surface area (Å²) in [6.07, 6.45) is 7.60. The summed E-state index contributed by atoms with van der Waals surface area (Å²) < 4.78 is 13.3. The Hall–Kier alpha value is -2.78. The van der Waals surface area contributed by atoms with Crippen LogP contribution in [0.1, 0.15) is 24.2 Å². The van der Waals surface area contributed by atoms with E-state index in [1.54, 1.807) is 23.5 Å². The molecule has 2 aromatic rings. The summed E-state index contributed by atoms with van der Waals surface area (Å²) in [5.74, 6) is 0.630. The summed E-state index contributed by atoms with van der Waals surface area (Å²) in [4.78, 5) is 35.3. The number of carbonyl (C=O) groups excluding carboxylic acids is 2. The number of pyridine rings is 1. The lowest BCUT2D eigenvalue weighted by Gasteiger charge is -2.45. The van der Waals surface area contributed by atoms with Gasteiger partial charge in [0.15, 0.2) is 6.10 Å².